The van der Waals surface area contributed by atoms with Crippen molar-refractivity contribution in [1.82, 2.24) is 4.37 Å². The number of nitrogens with zero attached hydrogens (tertiary/aromatic N) is 2. The zero-order chi connectivity index (χ0) is 12.4. The quantitative estimate of drug-likeness (QED) is 0.902. The highest BCUT2D eigenvalue weighted by molar-refractivity contribution is 7.11. The van der Waals surface area contributed by atoms with E-state index in [0.717, 1.165) is 29.8 Å². The van der Waals surface area contributed by atoms with E-state index in [-0.39, 0.29) is 6.10 Å². The lowest BCUT2D eigenvalue weighted by Crippen LogP contribution is -2.32. The van der Waals surface area contributed by atoms with Crippen LogP contribution >= 0.6 is 11.5 Å². The van der Waals surface area contributed by atoms with Gasteiger partial charge in [0.25, 0.3) is 0 Å². The highest BCUT2D eigenvalue weighted by Gasteiger charge is 2.23. The van der Waals surface area contributed by atoms with Gasteiger partial charge < -0.3 is 15.4 Å². The number of ether oxygens (including phenoxy) is 1. The molecule has 0 aromatic carbocycles. The van der Waals surface area contributed by atoms with Crippen LogP contribution in [0.3, 0.4) is 0 Å². The van der Waals surface area contributed by atoms with Crippen molar-refractivity contribution in [1.29, 1.82) is 0 Å². The number of piperidine rings is 1. The maximum atomic E-state index is 5.87. The lowest BCUT2D eigenvalue weighted by Gasteiger charge is -2.31. The van der Waals surface area contributed by atoms with Crippen molar-refractivity contribution in [3.05, 3.63) is 0 Å². The zero-order valence-corrected chi connectivity index (χ0v) is 11.6. The van der Waals surface area contributed by atoms with E-state index in [1.54, 1.807) is 0 Å². The molecule has 0 atom stereocenters. The molecule has 0 amide bonds. The molecule has 1 fully saturated rings. The van der Waals surface area contributed by atoms with Gasteiger partial charge in [-0.1, -0.05) is 6.92 Å². The fourth-order valence-electron chi connectivity index (χ4n) is 2.04. The molecule has 17 heavy (non-hydrogen) atoms. The Morgan fingerprint density at radius 3 is 2.65 bits per heavy atom. The minimum absolute atomic E-state index is 0.135. The van der Waals surface area contributed by atoms with Crippen molar-refractivity contribution in [3.8, 4) is 5.75 Å². The number of nitrogen functional groups attached to an aromatic ring is 1. The third kappa shape index (κ3) is 2.83. The second-order valence-corrected chi connectivity index (χ2v) is 5.79. The first kappa shape index (κ1) is 12.5. The molecule has 0 bridgehead atoms. The third-order valence-electron chi connectivity index (χ3n) is 3.08. The van der Waals surface area contributed by atoms with Gasteiger partial charge in [-0.25, -0.2) is 0 Å². The topological polar surface area (TPSA) is 51.4 Å². The van der Waals surface area contributed by atoms with Gasteiger partial charge in [0.15, 0.2) is 16.6 Å². The summed E-state index contributed by atoms with van der Waals surface area (Å²) in [6.45, 7) is 8.50. The summed E-state index contributed by atoms with van der Waals surface area (Å²) in [5, 5.41) is 1.10. The van der Waals surface area contributed by atoms with E-state index < -0.39 is 0 Å². The fraction of sp³-hybridized carbons (Fsp3) is 0.750. The third-order valence-corrected chi connectivity index (χ3v) is 3.99. The predicted molar refractivity (Wildman–Crippen MR) is 72.9 cm³/mol. The number of anilines is 2. The maximum Gasteiger partial charge on any atom is 0.198 e. The molecule has 5 heteroatoms. The number of hydrogen-bond donors (Lipinski definition) is 1. The molecule has 1 saturated heterocycles. The molecule has 0 spiro atoms. The fourth-order valence-corrected chi connectivity index (χ4v) is 2.85. The van der Waals surface area contributed by atoms with E-state index in [0.29, 0.717) is 5.82 Å². The van der Waals surface area contributed by atoms with Crippen LogP contribution in [0.2, 0.25) is 0 Å². The summed E-state index contributed by atoms with van der Waals surface area (Å²) in [5.41, 5.74) is 5.87. The van der Waals surface area contributed by atoms with Crippen LogP contribution in [-0.2, 0) is 0 Å². The lowest BCUT2D eigenvalue weighted by molar-refractivity contribution is 0.244. The Kier molecular flexibility index (Phi) is 3.76. The molecule has 4 nitrogen and oxygen atoms in total. The van der Waals surface area contributed by atoms with Crippen molar-refractivity contribution in [2.75, 3.05) is 23.7 Å². The van der Waals surface area contributed by atoms with Gasteiger partial charge in [0.2, 0.25) is 0 Å². The van der Waals surface area contributed by atoms with Gasteiger partial charge in [0.1, 0.15) is 0 Å². The minimum atomic E-state index is 0.135. The molecule has 1 aliphatic heterocycles. The number of hydrogen-bond acceptors (Lipinski definition) is 5. The Hall–Kier alpha value is -0.970. The second kappa shape index (κ2) is 5.12. The van der Waals surface area contributed by atoms with Crippen molar-refractivity contribution >= 4 is 22.4 Å². The SMILES string of the molecule is CC1CCN(c2snc(N)c2OC(C)C)CC1. The molecule has 0 saturated carbocycles. The molecular weight excluding hydrogens is 234 g/mol. The molecule has 1 aromatic rings. The molecule has 2 rings (SSSR count). The molecule has 96 valence electrons. The lowest BCUT2D eigenvalue weighted by atomic mass is 9.99. The Labute approximate surface area is 107 Å². The Morgan fingerprint density at radius 2 is 2.06 bits per heavy atom. The Morgan fingerprint density at radius 1 is 1.41 bits per heavy atom. The van der Waals surface area contributed by atoms with Crippen molar-refractivity contribution in [2.24, 2.45) is 5.92 Å². The zero-order valence-electron chi connectivity index (χ0n) is 10.8. The monoisotopic (exact) mass is 255 g/mol. The first-order valence-electron chi connectivity index (χ1n) is 6.24. The summed E-state index contributed by atoms with van der Waals surface area (Å²) < 4.78 is 9.99. The van der Waals surface area contributed by atoms with Gasteiger partial charge in [-0.2, -0.15) is 4.37 Å². The van der Waals surface area contributed by atoms with E-state index >= 15 is 0 Å². The summed E-state index contributed by atoms with van der Waals surface area (Å²) >= 11 is 1.45. The van der Waals surface area contributed by atoms with E-state index in [2.05, 4.69) is 16.2 Å². The number of nitrogens with two attached hydrogens (primary N) is 1. The van der Waals surface area contributed by atoms with E-state index in [1.165, 1.54) is 24.4 Å². The first-order chi connectivity index (χ1) is 8.08. The summed E-state index contributed by atoms with van der Waals surface area (Å²) in [4.78, 5) is 2.35. The molecular formula is C12H21N3OS. The molecule has 0 aliphatic carbocycles. The van der Waals surface area contributed by atoms with Crippen LogP contribution in [-0.4, -0.2) is 23.6 Å². The van der Waals surface area contributed by atoms with Gasteiger partial charge in [-0.15, -0.1) is 0 Å². The van der Waals surface area contributed by atoms with Gasteiger partial charge in [0.05, 0.1) is 6.10 Å². The highest BCUT2D eigenvalue weighted by atomic mass is 32.1. The smallest absolute Gasteiger partial charge is 0.198 e. The van der Waals surface area contributed by atoms with Crippen LogP contribution in [0.15, 0.2) is 0 Å². The van der Waals surface area contributed by atoms with E-state index in [4.69, 9.17) is 10.5 Å². The van der Waals surface area contributed by atoms with Crippen molar-refractivity contribution in [3.63, 3.8) is 0 Å². The summed E-state index contributed by atoms with van der Waals surface area (Å²) in [5.74, 6) is 2.13. The van der Waals surface area contributed by atoms with Crippen LogP contribution < -0.4 is 15.4 Å². The Balaban J connectivity index is 2.14. The number of aromatic nitrogens is 1. The van der Waals surface area contributed by atoms with Crippen molar-refractivity contribution < 1.29 is 4.74 Å². The van der Waals surface area contributed by atoms with Crippen LogP contribution in [0, 0.1) is 5.92 Å². The molecule has 0 unspecified atom stereocenters. The molecule has 0 radical (unpaired) electrons. The average Bonchev–Trinajstić information content (AvgIpc) is 2.61. The van der Waals surface area contributed by atoms with Gasteiger partial charge >= 0.3 is 0 Å². The Bertz CT molecular complexity index is 370. The maximum absolute atomic E-state index is 5.87. The predicted octanol–water partition coefficient (Wildman–Crippen LogP) is 2.75. The van der Waals surface area contributed by atoms with Crippen LogP contribution in [0.5, 0.6) is 5.75 Å². The van der Waals surface area contributed by atoms with Gasteiger partial charge in [-0.3, -0.25) is 0 Å². The summed E-state index contributed by atoms with van der Waals surface area (Å²) in [7, 11) is 0. The molecule has 1 aromatic heterocycles. The largest absolute Gasteiger partial charge is 0.484 e. The van der Waals surface area contributed by atoms with E-state index in [9.17, 15) is 0 Å². The molecule has 2 heterocycles. The minimum Gasteiger partial charge on any atom is -0.484 e. The summed E-state index contributed by atoms with van der Waals surface area (Å²) in [6, 6.07) is 0. The van der Waals surface area contributed by atoms with Crippen LogP contribution in [0.25, 0.3) is 0 Å². The van der Waals surface area contributed by atoms with Gasteiger partial charge in [0, 0.05) is 13.1 Å². The summed E-state index contributed by atoms with van der Waals surface area (Å²) in [6.07, 6.45) is 2.61. The standard InChI is InChI=1S/C12H21N3OS/c1-8(2)16-10-11(13)14-17-12(10)15-6-4-9(3)5-7-15/h8-9H,4-7H2,1-3H3,(H2,13,14). The van der Waals surface area contributed by atoms with Crippen molar-refractivity contribution in [2.45, 2.75) is 39.7 Å². The molecule has 1 aliphatic rings. The molecule has 2 N–H and O–H groups in total. The van der Waals surface area contributed by atoms with E-state index in [1.807, 2.05) is 13.8 Å². The second-order valence-electron chi connectivity index (χ2n) is 5.04. The first-order valence-corrected chi connectivity index (χ1v) is 7.02. The van der Waals surface area contributed by atoms with Crippen LogP contribution in [0.1, 0.15) is 33.6 Å². The highest BCUT2D eigenvalue weighted by Crippen LogP contribution is 2.40. The van der Waals surface area contributed by atoms with Crippen LogP contribution in [0.4, 0.5) is 10.8 Å². The number of rotatable bonds is 3. The normalized spacial score (nSPS) is 17.8. The van der Waals surface area contributed by atoms with Gasteiger partial charge in [-0.05, 0) is 44.1 Å². The average molecular weight is 255 g/mol.